The van der Waals surface area contributed by atoms with Crippen LogP contribution in [0.5, 0.6) is 0 Å². The molecule has 0 spiro atoms. The van der Waals surface area contributed by atoms with Gasteiger partial charge < -0.3 is 11.1 Å². The topological polar surface area (TPSA) is 55.1 Å². The number of carbonyl (C=O) groups is 1. The van der Waals surface area contributed by atoms with Gasteiger partial charge in [0.25, 0.3) is 0 Å². The Morgan fingerprint density at radius 1 is 1.22 bits per heavy atom. The average molecular weight is 246 g/mol. The number of amides is 1. The van der Waals surface area contributed by atoms with Gasteiger partial charge in [0.1, 0.15) is 0 Å². The monoisotopic (exact) mass is 246 g/mol. The summed E-state index contributed by atoms with van der Waals surface area (Å²) in [5, 5.41) is 3.03. The molecule has 1 aromatic carbocycles. The van der Waals surface area contributed by atoms with Gasteiger partial charge in [-0.3, -0.25) is 4.79 Å². The molecule has 98 valence electrons. The summed E-state index contributed by atoms with van der Waals surface area (Å²) < 4.78 is 0. The molecule has 3 nitrogen and oxygen atoms in total. The van der Waals surface area contributed by atoms with Gasteiger partial charge in [0.05, 0.1) is 0 Å². The largest absolute Gasteiger partial charge is 0.399 e. The van der Waals surface area contributed by atoms with Crippen molar-refractivity contribution >= 4 is 17.3 Å². The first-order valence-electron chi connectivity index (χ1n) is 6.84. The number of rotatable bonds is 2. The number of nitrogens with two attached hydrogens (primary N) is 1. The SMILES string of the molecule is Cc1ccc(N)cc1NC(=O)C1CCCCCC1. The molecule has 3 heteroatoms. The third-order valence-corrected chi connectivity index (χ3v) is 3.75. The summed E-state index contributed by atoms with van der Waals surface area (Å²) in [6, 6.07) is 5.64. The Labute approximate surface area is 109 Å². The third kappa shape index (κ3) is 3.25. The summed E-state index contributed by atoms with van der Waals surface area (Å²) in [5.41, 5.74) is 8.36. The molecule has 0 aliphatic heterocycles. The van der Waals surface area contributed by atoms with E-state index >= 15 is 0 Å². The van der Waals surface area contributed by atoms with Crippen LogP contribution in [0.3, 0.4) is 0 Å². The molecular weight excluding hydrogens is 224 g/mol. The summed E-state index contributed by atoms with van der Waals surface area (Å²) in [7, 11) is 0. The van der Waals surface area contributed by atoms with Crippen LogP contribution < -0.4 is 11.1 Å². The first kappa shape index (κ1) is 12.9. The van der Waals surface area contributed by atoms with Crippen LogP contribution in [0.25, 0.3) is 0 Å². The fraction of sp³-hybridized carbons (Fsp3) is 0.533. The minimum absolute atomic E-state index is 0.158. The Kier molecular flexibility index (Phi) is 4.24. The van der Waals surface area contributed by atoms with Gasteiger partial charge in [-0.2, -0.15) is 0 Å². The molecule has 1 saturated carbocycles. The zero-order valence-corrected chi connectivity index (χ0v) is 11.0. The molecule has 0 saturated heterocycles. The molecule has 2 rings (SSSR count). The Balaban J connectivity index is 2.03. The predicted molar refractivity (Wildman–Crippen MR) is 75.4 cm³/mol. The number of nitrogens with one attached hydrogen (secondary N) is 1. The highest BCUT2D eigenvalue weighted by atomic mass is 16.1. The number of nitrogen functional groups attached to an aromatic ring is 1. The van der Waals surface area contributed by atoms with Gasteiger partial charge >= 0.3 is 0 Å². The minimum atomic E-state index is 0.158. The van der Waals surface area contributed by atoms with Crippen molar-refractivity contribution < 1.29 is 4.79 Å². The van der Waals surface area contributed by atoms with Crippen LogP contribution in [0.2, 0.25) is 0 Å². The van der Waals surface area contributed by atoms with Crippen molar-refractivity contribution in [3.05, 3.63) is 23.8 Å². The second kappa shape index (κ2) is 5.89. The molecule has 18 heavy (non-hydrogen) atoms. The van der Waals surface area contributed by atoms with E-state index in [1.54, 1.807) is 0 Å². The van der Waals surface area contributed by atoms with Crippen LogP contribution >= 0.6 is 0 Å². The number of benzene rings is 1. The number of hydrogen-bond acceptors (Lipinski definition) is 2. The second-order valence-corrected chi connectivity index (χ2v) is 5.25. The summed E-state index contributed by atoms with van der Waals surface area (Å²) in [6.45, 7) is 1.99. The van der Waals surface area contributed by atoms with Crippen LogP contribution in [-0.4, -0.2) is 5.91 Å². The maximum Gasteiger partial charge on any atom is 0.227 e. The van der Waals surface area contributed by atoms with E-state index in [2.05, 4.69) is 5.32 Å². The molecule has 0 atom stereocenters. The van der Waals surface area contributed by atoms with Crippen LogP contribution in [0.1, 0.15) is 44.1 Å². The molecule has 1 aliphatic rings. The fourth-order valence-electron chi connectivity index (χ4n) is 2.55. The molecule has 1 amide bonds. The van der Waals surface area contributed by atoms with E-state index in [-0.39, 0.29) is 11.8 Å². The van der Waals surface area contributed by atoms with E-state index in [4.69, 9.17) is 5.73 Å². The van der Waals surface area contributed by atoms with Gasteiger partial charge in [-0.1, -0.05) is 31.7 Å². The van der Waals surface area contributed by atoms with E-state index in [1.165, 1.54) is 25.7 Å². The Bertz CT molecular complexity index is 421. The molecular formula is C15H22N2O. The lowest BCUT2D eigenvalue weighted by molar-refractivity contribution is -0.120. The van der Waals surface area contributed by atoms with Crippen molar-refractivity contribution in [3.8, 4) is 0 Å². The second-order valence-electron chi connectivity index (χ2n) is 5.25. The average Bonchev–Trinajstić information content (AvgIpc) is 2.62. The molecule has 0 unspecified atom stereocenters. The minimum Gasteiger partial charge on any atom is -0.399 e. The zero-order valence-electron chi connectivity index (χ0n) is 11.0. The lowest BCUT2D eigenvalue weighted by Crippen LogP contribution is -2.22. The van der Waals surface area contributed by atoms with Gasteiger partial charge in [-0.05, 0) is 37.5 Å². The lowest BCUT2D eigenvalue weighted by Gasteiger charge is -2.15. The quantitative estimate of drug-likeness (QED) is 0.620. The standard InChI is InChI=1S/C15H22N2O/c1-11-8-9-13(16)10-14(11)17-15(18)12-6-4-2-3-5-7-12/h8-10,12H,2-7,16H2,1H3,(H,17,18). The van der Waals surface area contributed by atoms with Crippen LogP contribution in [-0.2, 0) is 4.79 Å². The van der Waals surface area contributed by atoms with Crippen molar-refractivity contribution in [2.45, 2.75) is 45.4 Å². The summed E-state index contributed by atoms with van der Waals surface area (Å²) in [4.78, 5) is 12.2. The van der Waals surface area contributed by atoms with Crippen molar-refractivity contribution in [1.29, 1.82) is 0 Å². The Hall–Kier alpha value is -1.51. The van der Waals surface area contributed by atoms with E-state index in [0.29, 0.717) is 5.69 Å². The smallest absolute Gasteiger partial charge is 0.227 e. The normalized spacial score (nSPS) is 17.2. The van der Waals surface area contributed by atoms with Gasteiger partial charge in [-0.25, -0.2) is 0 Å². The third-order valence-electron chi connectivity index (χ3n) is 3.75. The van der Waals surface area contributed by atoms with Crippen LogP contribution in [0.4, 0.5) is 11.4 Å². The molecule has 0 radical (unpaired) electrons. The van der Waals surface area contributed by atoms with Crippen molar-refractivity contribution in [2.24, 2.45) is 5.92 Å². The number of carbonyl (C=O) groups excluding carboxylic acids is 1. The van der Waals surface area contributed by atoms with E-state index in [0.717, 1.165) is 24.1 Å². The predicted octanol–water partition coefficient (Wildman–Crippen LogP) is 3.49. The van der Waals surface area contributed by atoms with Crippen LogP contribution in [0.15, 0.2) is 18.2 Å². The molecule has 0 bridgehead atoms. The van der Waals surface area contributed by atoms with Gasteiger partial charge in [-0.15, -0.1) is 0 Å². The highest BCUT2D eigenvalue weighted by Crippen LogP contribution is 2.25. The van der Waals surface area contributed by atoms with E-state index < -0.39 is 0 Å². The van der Waals surface area contributed by atoms with Gasteiger partial charge in [0.2, 0.25) is 5.91 Å². The molecule has 0 aromatic heterocycles. The molecule has 0 heterocycles. The van der Waals surface area contributed by atoms with E-state index in [9.17, 15) is 4.79 Å². The summed E-state index contributed by atoms with van der Waals surface area (Å²) >= 11 is 0. The Morgan fingerprint density at radius 2 is 1.89 bits per heavy atom. The van der Waals surface area contributed by atoms with Crippen molar-refractivity contribution in [3.63, 3.8) is 0 Å². The van der Waals surface area contributed by atoms with Crippen LogP contribution in [0, 0.1) is 12.8 Å². The lowest BCUT2D eigenvalue weighted by atomic mass is 9.99. The van der Waals surface area contributed by atoms with Crippen molar-refractivity contribution in [1.82, 2.24) is 0 Å². The molecule has 1 aromatic rings. The highest BCUT2D eigenvalue weighted by molar-refractivity contribution is 5.93. The molecule has 1 aliphatic carbocycles. The Morgan fingerprint density at radius 3 is 2.56 bits per heavy atom. The summed E-state index contributed by atoms with van der Waals surface area (Å²) in [5.74, 6) is 0.332. The number of hydrogen-bond donors (Lipinski definition) is 2. The molecule has 3 N–H and O–H groups in total. The maximum atomic E-state index is 12.2. The maximum absolute atomic E-state index is 12.2. The first-order valence-corrected chi connectivity index (χ1v) is 6.84. The first-order chi connectivity index (χ1) is 8.66. The van der Waals surface area contributed by atoms with Crippen molar-refractivity contribution in [2.75, 3.05) is 11.1 Å². The van der Waals surface area contributed by atoms with Gasteiger partial charge in [0, 0.05) is 17.3 Å². The highest BCUT2D eigenvalue weighted by Gasteiger charge is 2.20. The molecule has 1 fully saturated rings. The summed E-state index contributed by atoms with van der Waals surface area (Å²) in [6.07, 6.45) is 6.92. The van der Waals surface area contributed by atoms with E-state index in [1.807, 2.05) is 25.1 Å². The number of anilines is 2. The number of aryl methyl sites for hydroxylation is 1. The fourth-order valence-corrected chi connectivity index (χ4v) is 2.55. The van der Waals surface area contributed by atoms with Gasteiger partial charge in [0.15, 0.2) is 0 Å². The zero-order chi connectivity index (χ0) is 13.0.